The lowest BCUT2D eigenvalue weighted by Gasteiger charge is -2.38. The van der Waals surface area contributed by atoms with Gasteiger partial charge in [0.25, 0.3) is 0 Å². The minimum Gasteiger partial charge on any atom is -0.392 e. The molecule has 3 rings (SSSR count). The van der Waals surface area contributed by atoms with Crippen molar-refractivity contribution >= 4 is 17.7 Å². The summed E-state index contributed by atoms with van der Waals surface area (Å²) in [4.78, 5) is 14.8. The fourth-order valence-electron chi connectivity index (χ4n) is 4.31. The number of carbonyl (C=O) groups is 1. The minimum absolute atomic E-state index is 0.000300. The van der Waals surface area contributed by atoms with Crippen molar-refractivity contribution in [3.63, 3.8) is 0 Å². The van der Waals surface area contributed by atoms with E-state index in [0.29, 0.717) is 18.5 Å². The monoisotopic (exact) mass is 381 g/mol. The second kappa shape index (κ2) is 8.70. The first-order valence-corrected chi connectivity index (χ1v) is 9.84. The quantitative estimate of drug-likeness (QED) is 0.817. The molecule has 0 unspecified atom stereocenters. The van der Waals surface area contributed by atoms with Crippen LogP contribution in [0.1, 0.15) is 35.6 Å². The summed E-state index contributed by atoms with van der Waals surface area (Å²) in [6.45, 7) is 6.59. The maximum atomic E-state index is 14.1. The van der Waals surface area contributed by atoms with Crippen LogP contribution in [0.4, 0.5) is 10.1 Å². The fraction of sp³-hybridized carbons (Fsp3) is 0.375. The number of aliphatic hydroxyl groups is 1. The number of anilines is 1. The standard InChI is InChI=1S/C24H28FNO2/c1-16-11-19(7-6-10-27)12-17(2)23(16)26-15-20(13-18(3)24(26)28)14-21-8-4-5-9-22(21)25/h4-9,11-12,18,20,27H,10,13-15H2,1-3H3/b7-6+/t18-,20-/m1/s1. The van der Waals surface area contributed by atoms with E-state index in [-0.39, 0.29) is 30.2 Å². The topological polar surface area (TPSA) is 40.5 Å². The SMILES string of the molecule is Cc1cc(/C=C/CO)cc(C)c1N1C[C@@H](Cc2ccccc2F)C[C@@H](C)C1=O. The van der Waals surface area contributed by atoms with E-state index < -0.39 is 0 Å². The van der Waals surface area contributed by atoms with Gasteiger partial charge in [-0.25, -0.2) is 4.39 Å². The molecule has 1 fully saturated rings. The van der Waals surface area contributed by atoms with Crippen LogP contribution >= 0.6 is 0 Å². The highest BCUT2D eigenvalue weighted by atomic mass is 19.1. The Morgan fingerprint density at radius 1 is 1.21 bits per heavy atom. The molecule has 1 amide bonds. The molecule has 148 valence electrons. The van der Waals surface area contributed by atoms with Crippen molar-refractivity contribution in [3.8, 4) is 0 Å². The molecule has 1 aliphatic heterocycles. The summed E-state index contributed by atoms with van der Waals surface area (Å²) in [6.07, 6.45) is 4.99. The van der Waals surface area contributed by atoms with Gasteiger partial charge < -0.3 is 10.0 Å². The number of aryl methyl sites for hydroxylation is 2. The molecule has 0 radical (unpaired) electrons. The van der Waals surface area contributed by atoms with Gasteiger partial charge in [-0.3, -0.25) is 4.79 Å². The molecule has 1 saturated heterocycles. The molecular formula is C24H28FNO2. The van der Waals surface area contributed by atoms with Crippen LogP contribution in [0.25, 0.3) is 6.08 Å². The molecule has 0 spiro atoms. The van der Waals surface area contributed by atoms with Crippen LogP contribution in [-0.4, -0.2) is 24.2 Å². The fourth-order valence-corrected chi connectivity index (χ4v) is 4.31. The molecule has 0 aromatic heterocycles. The van der Waals surface area contributed by atoms with Crippen molar-refractivity contribution in [3.05, 3.63) is 70.5 Å². The maximum Gasteiger partial charge on any atom is 0.229 e. The number of amides is 1. The zero-order chi connectivity index (χ0) is 20.3. The summed E-state index contributed by atoms with van der Waals surface area (Å²) < 4.78 is 14.1. The molecule has 2 atom stereocenters. The Bertz CT molecular complexity index is 867. The Kier molecular flexibility index (Phi) is 6.30. The van der Waals surface area contributed by atoms with Crippen LogP contribution in [-0.2, 0) is 11.2 Å². The summed E-state index contributed by atoms with van der Waals surface area (Å²) in [7, 11) is 0. The lowest BCUT2D eigenvalue weighted by molar-refractivity contribution is -0.124. The molecule has 1 heterocycles. The number of rotatable bonds is 5. The average molecular weight is 381 g/mol. The highest BCUT2D eigenvalue weighted by molar-refractivity contribution is 5.97. The summed E-state index contributed by atoms with van der Waals surface area (Å²) in [5, 5.41) is 8.99. The summed E-state index contributed by atoms with van der Waals surface area (Å²) >= 11 is 0. The zero-order valence-corrected chi connectivity index (χ0v) is 16.8. The lowest BCUT2D eigenvalue weighted by atomic mass is 9.84. The Hall–Kier alpha value is -2.46. The normalized spacial score (nSPS) is 20.2. The third kappa shape index (κ3) is 4.33. The zero-order valence-electron chi connectivity index (χ0n) is 16.8. The molecule has 2 aromatic carbocycles. The molecular weight excluding hydrogens is 353 g/mol. The third-order valence-electron chi connectivity index (χ3n) is 5.48. The molecule has 0 bridgehead atoms. The van der Waals surface area contributed by atoms with E-state index >= 15 is 0 Å². The van der Waals surface area contributed by atoms with E-state index in [0.717, 1.165) is 28.8 Å². The largest absolute Gasteiger partial charge is 0.392 e. The Morgan fingerprint density at radius 3 is 2.54 bits per heavy atom. The first-order valence-electron chi connectivity index (χ1n) is 9.84. The second-order valence-corrected chi connectivity index (χ2v) is 7.84. The first-order chi connectivity index (χ1) is 13.4. The van der Waals surface area contributed by atoms with Gasteiger partial charge in [0.1, 0.15) is 5.82 Å². The van der Waals surface area contributed by atoms with Crippen LogP contribution in [0.15, 0.2) is 42.5 Å². The van der Waals surface area contributed by atoms with Gasteiger partial charge >= 0.3 is 0 Å². The van der Waals surface area contributed by atoms with Gasteiger partial charge in [-0.05, 0) is 73.1 Å². The van der Waals surface area contributed by atoms with Crippen molar-refractivity contribution in [2.24, 2.45) is 11.8 Å². The van der Waals surface area contributed by atoms with E-state index in [1.54, 1.807) is 12.1 Å². The molecule has 28 heavy (non-hydrogen) atoms. The number of hydrogen-bond acceptors (Lipinski definition) is 2. The average Bonchev–Trinajstić information content (AvgIpc) is 2.65. The van der Waals surface area contributed by atoms with Gasteiger partial charge in [-0.1, -0.05) is 37.3 Å². The first kappa shape index (κ1) is 20.3. The number of carbonyl (C=O) groups excluding carboxylic acids is 1. The summed E-state index contributed by atoms with van der Waals surface area (Å²) in [5.41, 5.74) is 4.74. The van der Waals surface area contributed by atoms with E-state index in [4.69, 9.17) is 5.11 Å². The summed E-state index contributed by atoms with van der Waals surface area (Å²) in [5.74, 6) is 0.0938. The molecule has 0 saturated carbocycles. The van der Waals surface area contributed by atoms with Crippen LogP contribution in [0.2, 0.25) is 0 Å². The van der Waals surface area contributed by atoms with Crippen LogP contribution < -0.4 is 4.90 Å². The maximum absolute atomic E-state index is 14.1. The van der Waals surface area contributed by atoms with E-state index in [1.165, 1.54) is 6.07 Å². The van der Waals surface area contributed by atoms with Crippen molar-refractivity contribution in [1.82, 2.24) is 0 Å². The Balaban J connectivity index is 1.89. The molecule has 0 aliphatic carbocycles. The second-order valence-electron chi connectivity index (χ2n) is 7.84. The highest BCUT2D eigenvalue weighted by Gasteiger charge is 2.34. The minimum atomic E-state index is -0.175. The van der Waals surface area contributed by atoms with Gasteiger partial charge in [-0.15, -0.1) is 0 Å². The Morgan fingerprint density at radius 2 is 1.89 bits per heavy atom. The van der Waals surface area contributed by atoms with Crippen molar-refractivity contribution in [2.45, 2.75) is 33.6 Å². The molecule has 3 nitrogen and oxygen atoms in total. The molecule has 2 aromatic rings. The number of hydrogen-bond donors (Lipinski definition) is 1. The van der Waals surface area contributed by atoms with Crippen molar-refractivity contribution in [2.75, 3.05) is 18.1 Å². The van der Waals surface area contributed by atoms with Gasteiger partial charge in [-0.2, -0.15) is 0 Å². The van der Waals surface area contributed by atoms with Gasteiger partial charge in [0.2, 0.25) is 5.91 Å². The number of aliphatic hydroxyl groups excluding tert-OH is 1. The molecule has 4 heteroatoms. The smallest absolute Gasteiger partial charge is 0.229 e. The van der Waals surface area contributed by atoms with Crippen molar-refractivity contribution in [1.29, 1.82) is 0 Å². The lowest BCUT2D eigenvalue weighted by Crippen LogP contribution is -2.46. The summed E-state index contributed by atoms with van der Waals surface area (Å²) in [6, 6.07) is 11.0. The van der Waals surface area contributed by atoms with E-state index in [1.807, 2.05) is 56.0 Å². The van der Waals surface area contributed by atoms with Gasteiger partial charge in [0, 0.05) is 18.2 Å². The van der Waals surface area contributed by atoms with Gasteiger partial charge in [0.15, 0.2) is 0 Å². The predicted octanol–water partition coefficient (Wildman–Crippen LogP) is 4.68. The molecule has 1 N–H and O–H groups in total. The highest BCUT2D eigenvalue weighted by Crippen LogP contribution is 2.34. The number of benzene rings is 2. The van der Waals surface area contributed by atoms with Crippen LogP contribution in [0.3, 0.4) is 0 Å². The third-order valence-corrected chi connectivity index (χ3v) is 5.48. The molecule has 1 aliphatic rings. The van der Waals surface area contributed by atoms with E-state index in [2.05, 4.69) is 0 Å². The predicted molar refractivity (Wildman–Crippen MR) is 112 cm³/mol. The Labute approximate surface area is 166 Å². The number of nitrogens with zero attached hydrogens (tertiary/aromatic N) is 1. The van der Waals surface area contributed by atoms with Crippen molar-refractivity contribution < 1.29 is 14.3 Å². The van der Waals surface area contributed by atoms with Crippen LogP contribution in [0.5, 0.6) is 0 Å². The van der Waals surface area contributed by atoms with Gasteiger partial charge in [0.05, 0.1) is 6.61 Å². The van der Waals surface area contributed by atoms with Crippen LogP contribution in [0, 0.1) is 31.5 Å². The number of piperidine rings is 1. The van der Waals surface area contributed by atoms with E-state index in [9.17, 15) is 9.18 Å². The number of halogens is 1.